The van der Waals surface area contributed by atoms with Crippen LogP contribution in [-0.2, 0) is 6.42 Å². The monoisotopic (exact) mass is 286 g/mol. The first kappa shape index (κ1) is 14.9. The van der Waals surface area contributed by atoms with Gasteiger partial charge in [-0.25, -0.2) is 0 Å². The molecular formula is C19H30N2. The third-order valence-electron chi connectivity index (χ3n) is 5.59. The number of rotatable bonds is 3. The van der Waals surface area contributed by atoms with Crippen LogP contribution in [0.1, 0.15) is 57.9 Å². The van der Waals surface area contributed by atoms with Gasteiger partial charge >= 0.3 is 0 Å². The fourth-order valence-electron chi connectivity index (χ4n) is 4.26. The Morgan fingerprint density at radius 3 is 2.62 bits per heavy atom. The molecule has 2 nitrogen and oxygen atoms in total. The predicted octanol–water partition coefficient (Wildman–Crippen LogP) is 4.14. The Morgan fingerprint density at radius 2 is 1.90 bits per heavy atom. The maximum atomic E-state index is 3.93. The molecule has 1 aliphatic heterocycles. The van der Waals surface area contributed by atoms with E-state index in [1.165, 1.54) is 56.3 Å². The Labute approximate surface area is 129 Å². The molecule has 21 heavy (non-hydrogen) atoms. The number of anilines is 1. The molecule has 1 saturated carbocycles. The molecule has 1 N–H and O–H groups in total. The van der Waals surface area contributed by atoms with E-state index in [-0.39, 0.29) is 0 Å². The summed E-state index contributed by atoms with van der Waals surface area (Å²) in [7, 11) is 0. The van der Waals surface area contributed by atoms with Crippen molar-refractivity contribution in [2.24, 2.45) is 0 Å². The summed E-state index contributed by atoms with van der Waals surface area (Å²) in [5.74, 6) is 0. The molecule has 116 valence electrons. The summed E-state index contributed by atoms with van der Waals surface area (Å²) in [5.41, 5.74) is 3.37. The maximum Gasteiger partial charge on any atom is 0.0413 e. The standard InChI is InChI=1S/C19H30N2/c1-3-16-10-6-7-11-18(16)21-15-19(12-8-5-9-13-19)20-14-17(21)4-2/h6-7,10-11,17,20H,3-5,8-9,12-15H2,1-2H3. The topological polar surface area (TPSA) is 15.3 Å². The van der Waals surface area contributed by atoms with Crippen LogP contribution in [-0.4, -0.2) is 24.7 Å². The van der Waals surface area contributed by atoms with Gasteiger partial charge in [0.25, 0.3) is 0 Å². The first-order chi connectivity index (χ1) is 10.3. The van der Waals surface area contributed by atoms with E-state index in [1.807, 2.05) is 0 Å². The minimum atomic E-state index is 0.380. The molecule has 1 saturated heterocycles. The quantitative estimate of drug-likeness (QED) is 0.898. The lowest BCUT2D eigenvalue weighted by molar-refractivity contribution is 0.195. The van der Waals surface area contributed by atoms with Crippen LogP contribution in [0.3, 0.4) is 0 Å². The van der Waals surface area contributed by atoms with Gasteiger partial charge in [-0.15, -0.1) is 0 Å². The molecule has 1 aromatic carbocycles. The zero-order chi connectivity index (χ0) is 14.7. The van der Waals surface area contributed by atoms with E-state index >= 15 is 0 Å². The van der Waals surface area contributed by atoms with E-state index in [9.17, 15) is 0 Å². The molecular weight excluding hydrogens is 256 g/mol. The van der Waals surface area contributed by atoms with Crippen molar-refractivity contribution in [1.29, 1.82) is 0 Å². The third-order valence-corrected chi connectivity index (χ3v) is 5.59. The van der Waals surface area contributed by atoms with Gasteiger partial charge in [0.05, 0.1) is 0 Å². The van der Waals surface area contributed by atoms with Crippen LogP contribution in [0.2, 0.25) is 0 Å². The van der Waals surface area contributed by atoms with Crippen molar-refractivity contribution >= 4 is 5.69 Å². The summed E-state index contributed by atoms with van der Waals surface area (Å²) < 4.78 is 0. The highest BCUT2D eigenvalue weighted by Crippen LogP contribution is 2.35. The van der Waals surface area contributed by atoms with E-state index in [4.69, 9.17) is 0 Å². The van der Waals surface area contributed by atoms with Crippen LogP contribution >= 0.6 is 0 Å². The first-order valence-corrected chi connectivity index (χ1v) is 8.87. The normalized spacial score (nSPS) is 25.2. The molecule has 0 aromatic heterocycles. The van der Waals surface area contributed by atoms with Crippen molar-refractivity contribution in [2.45, 2.75) is 70.4 Å². The molecule has 0 bridgehead atoms. The number of piperazine rings is 1. The van der Waals surface area contributed by atoms with Gasteiger partial charge in [0.2, 0.25) is 0 Å². The number of hydrogen-bond acceptors (Lipinski definition) is 2. The molecule has 3 rings (SSSR count). The van der Waals surface area contributed by atoms with E-state index < -0.39 is 0 Å². The first-order valence-electron chi connectivity index (χ1n) is 8.87. The van der Waals surface area contributed by atoms with Crippen molar-refractivity contribution in [3.8, 4) is 0 Å². The van der Waals surface area contributed by atoms with Gasteiger partial charge < -0.3 is 10.2 Å². The highest BCUT2D eigenvalue weighted by molar-refractivity contribution is 5.55. The molecule has 1 heterocycles. The highest BCUT2D eigenvalue weighted by Gasteiger charge is 2.39. The Morgan fingerprint density at radius 1 is 1.14 bits per heavy atom. The van der Waals surface area contributed by atoms with Crippen molar-refractivity contribution < 1.29 is 0 Å². The molecule has 1 aromatic rings. The molecule has 0 amide bonds. The van der Waals surface area contributed by atoms with E-state index in [1.54, 1.807) is 0 Å². The Bertz CT molecular complexity index is 462. The van der Waals surface area contributed by atoms with Crippen LogP contribution in [0, 0.1) is 0 Å². The van der Waals surface area contributed by atoms with Crippen molar-refractivity contribution in [3.05, 3.63) is 29.8 Å². The van der Waals surface area contributed by atoms with Gasteiger partial charge in [0.1, 0.15) is 0 Å². The predicted molar refractivity (Wildman–Crippen MR) is 91.1 cm³/mol. The number of para-hydroxylation sites is 1. The lowest BCUT2D eigenvalue weighted by atomic mass is 9.79. The summed E-state index contributed by atoms with van der Waals surface area (Å²) in [6.45, 7) is 6.95. The van der Waals surface area contributed by atoms with Gasteiger partial charge in [-0.3, -0.25) is 0 Å². The van der Waals surface area contributed by atoms with E-state index in [0.717, 1.165) is 13.0 Å². The second-order valence-electron chi connectivity index (χ2n) is 6.89. The summed E-state index contributed by atoms with van der Waals surface area (Å²) >= 11 is 0. The smallest absolute Gasteiger partial charge is 0.0413 e. The molecule has 1 aliphatic carbocycles. The number of benzene rings is 1. The number of nitrogens with zero attached hydrogens (tertiary/aromatic N) is 1. The van der Waals surface area contributed by atoms with Crippen molar-refractivity contribution in [2.75, 3.05) is 18.0 Å². The number of hydrogen-bond donors (Lipinski definition) is 1. The van der Waals surface area contributed by atoms with Gasteiger partial charge in [0.15, 0.2) is 0 Å². The second-order valence-corrected chi connectivity index (χ2v) is 6.89. The molecule has 1 atom stereocenters. The van der Waals surface area contributed by atoms with Crippen LogP contribution < -0.4 is 10.2 Å². The Hall–Kier alpha value is -1.02. The van der Waals surface area contributed by atoms with Gasteiger partial charge in [-0.1, -0.05) is 51.3 Å². The SMILES string of the molecule is CCc1ccccc1N1CC2(CCCCC2)NCC1CC. The van der Waals surface area contributed by atoms with E-state index in [2.05, 4.69) is 48.3 Å². The summed E-state index contributed by atoms with van der Waals surface area (Å²) in [6.07, 6.45) is 9.28. The van der Waals surface area contributed by atoms with Crippen LogP contribution in [0.15, 0.2) is 24.3 Å². The minimum Gasteiger partial charge on any atom is -0.365 e. The zero-order valence-electron chi connectivity index (χ0n) is 13.7. The van der Waals surface area contributed by atoms with Gasteiger partial charge in [-0.2, -0.15) is 0 Å². The lowest BCUT2D eigenvalue weighted by Gasteiger charge is -2.51. The average Bonchev–Trinajstić information content (AvgIpc) is 2.55. The lowest BCUT2D eigenvalue weighted by Crippen LogP contribution is -2.65. The van der Waals surface area contributed by atoms with Crippen LogP contribution in [0.4, 0.5) is 5.69 Å². The Balaban J connectivity index is 1.88. The Kier molecular flexibility index (Phi) is 4.54. The van der Waals surface area contributed by atoms with Crippen molar-refractivity contribution in [3.63, 3.8) is 0 Å². The molecule has 0 radical (unpaired) electrons. The zero-order valence-corrected chi connectivity index (χ0v) is 13.7. The van der Waals surface area contributed by atoms with Gasteiger partial charge in [-0.05, 0) is 37.3 Å². The van der Waals surface area contributed by atoms with Crippen LogP contribution in [0.5, 0.6) is 0 Å². The van der Waals surface area contributed by atoms with Crippen molar-refractivity contribution in [1.82, 2.24) is 5.32 Å². The third kappa shape index (κ3) is 2.96. The second kappa shape index (κ2) is 6.39. The maximum absolute atomic E-state index is 3.93. The molecule has 1 spiro atoms. The summed E-state index contributed by atoms with van der Waals surface area (Å²) in [4.78, 5) is 2.72. The van der Waals surface area contributed by atoms with E-state index in [0.29, 0.717) is 11.6 Å². The van der Waals surface area contributed by atoms with Gasteiger partial charge in [0, 0.05) is 30.4 Å². The minimum absolute atomic E-state index is 0.380. The average molecular weight is 286 g/mol. The highest BCUT2D eigenvalue weighted by atomic mass is 15.3. The number of nitrogens with one attached hydrogen (secondary N) is 1. The fraction of sp³-hybridized carbons (Fsp3) is 0.684. The number of aryl methyl sites for hydroxylation is 1. The molecule has 1 unspecified atom stereocenters. The largest absolute Gasteiger partial charge is 0.365 e. The van der Waals surface area contributed by atoms with Crippen LogP contribution in [0.25, 0.3) is 0 Å². The fourth-order valence-corrected chi connectivity index (χ4v) is 4.26. The molecule has 2 fully saturated rings. The molecule has 2 aliphatic rings. The summed E-state index contributed by atoms with van der Waals surface area (Å²) in [5, 5.41) is 3.93. The summed E-state index contributed by atoms with van der Waals surface area (Å²) in [6, 6.07) is 9.67. The molecule has 2 heteroatoms.